The lowest BCUT2D eigenvalue weighted by Gasteiger charge is -2.20. The molecule has 1 aliphatic heterocycles. The number of hydrogen-bond donors (Lipinski definition) is 0. The second kappa shape index (κ2) is 4.81. The minimum absolute atomic E-state index is 0.257. The van der Waals surface area contributed by atoms with Crippen molar-refractivity contribution in [1.82, 2.24) is 5.06 Å². The first-order valence-corrected chi connectivity index (χ1v) is 5.79. The summed E-state index contributed by atoms with van der Waals surface area (Å²) in [6.07, 6.45) is 3.10. The lowest BCUT2D eigenvalue weighted by atomic mass is 9.90. The minimum Gasteiger partial charge on any atom is -0.295 e. The molecule has 1 aliphatic rings. The highest BCUT2D eigenvalue weighted by Gasteiger charge is 2.38. The monoisotopic (exact) mass is 217 g/mol. The van der Waals surface area contributed by atoms with Crippen molar-refractivity contribution in [2.24, 2.45) is 5.92 Å². The molecule has 1 aromatic rings. The fraction of sp³-hybridized carbons (Fsp3) is 0.429. The van der Waals surface area contributed by atoms with Crippen LogP contribution in [0.5, 0.6) is 0 Å². The first-order valence-electron chi connectivity index (χ1n) is 5.79. The summed E-state index contributed by atoms with van der Waals surface area (Å²) in [6, 6.07) is 10.9. The molecule has 1 fully saturated rings. The van der Waals surface area contributed by atoms with E-state index in [9.17, 15) is 0 Å². The first-order chi connectivity index (χ1) is 7.74. The van der Waals surface area contributed by atoms with Gasteiger partial charge in [-0.05, 0) is 12.0 Å². The van der Waals surface area contributed by atoms with Gasteiger partial charge in [-0.2, -0.15) is 5.06 Å². The zero-order chi connectivity index (χ0) is 11.5. The van der Waals surface area contributed by atoms with Crippen molar-refractivity contribution in [1.29, 1.82) is 0 Å². The number of hydrogen-bond acceptors (Lipinski definition) is 2. The maximum atomic E-state index is 5.84. The molecule has 2 heteroatoms. The van der Waals surface area contributed by atoms with Crippen LogP contribution < -0.4 is 0 Å². The smallest absolute Gasteiger partial charge is 0.0872 e. The molecule has 1 heterocycles. The molecule has 0 saturated carbocycles. The van der Waals surface area contributed by atoms with E-state index < -0.39 is 0 Å². The molecular weight excluding hydrogens is 198 g/mol. The normalized spacial score (nSPS) is 30.5. The van der Waals surface area contributed by atoms with Crippen LogP contribution in [0.15, 0.2) is 43.0 Å². The van der Waals surface area contributed by atoms with Crippen molar-refractivity contribution in [3.8, 4) is 0 Å². The summed E-state index contributed by atoms with van der Waals surface area (Å²) < 4.78 is 0. The van der Waals surface area contributed by atoms with E-state index in [2.05, 4.69) is 37.8 Å². The lowest BCUT2D eigenvalue weighted by molar-refractivity contribution is -0.143. The van der Waals surface area contributed by atoms with Gasteiger partial charge in [0.1, 0.15) is 0 Å². The molecule has 1 saturated heterocycles. The Labute approximate surface area is 97.5 Å². The van der Waals surface area contributed by atoms with Crippen molar-refractivity contribution >= 4 is 0 Å². The zero-order valence-corrected chi connectivity index (χ0v) is 9.97. The van der Waals surface area contributed by atoms with Crippen LogP contribution >= 0.6 is 0 Å². The lowest BCUT2D eigenvalue weighted by Crippen LogP contribution is -2.19. The Kier molecular flexibility index (Phi) is 3.42. The van der Waals surface area contributed by atoms with Gasteiger partial charge in [-0.25, -0.2) is 0 Å². The maximum absolute atomic E-state index is 5.84. The van der Waals surface area contributed by atoms with Gasteiger partial charge in [0.05, 0.1) is 12.1 Å². The summed E-state index contributed by atoms with van der Waals surface area (Å²) in [5.41, 5.74) is 1.32. The average Bonchev–Trinajstić information content (AvgIpc) is 2.56. The van der Waals surface area contributed by atoms with Crippen LogP contribution in [-0.4, -0.2) is 18.2 Å². The van der Waals surface area contributed by atoms with Crippen LogP contribution in [0.4, 0.5) is 0 Å². The predicted molar refractivity (Wildman–Crippen MR) is 65.8 cm³/mol. The van der Waals surface area contributed by atoms with Gasteiger partial charge in [-0.15, -0.1) is 6.58 Å². The summed E-state index contributed by atoms with van der Waals surface area (Å²) >= 11 is 0. The van der Waals surface area contributed by atoms with E-state index in [1.807, 2.05) is 24.3 Å². The SMILES string of the molecule is C=CCC1ON(C)[C@@H](c2ccccc2)[C@@H]1C. The standard InChI is InChI=1S/C14H19NO/c1-4-8-13-11(2)14(15(3)16-13)12-9-6-5-7-10-12/h4-7,9-11,13-14H,1,8H2,2-3H3/t11-,13?,14-/m1/s1. The fourth-order valence-electron chi connectivity index (χ4n) is 2.50. The zero-order valence-electron chi connectivity index (χ0n) is 9.97. The van der Waals surface area contributed by atoms with Crippen molar-refractivity contribution in [2.45, 2.75) is 25.5 Å². The van der Waals surface area contributed by atoms with Crippen molar-refractivity contribution in [3.05, 3.63) is 48.6 Å². The highest BCUT2D eigenvalue weighted by atomic mass is 16.7. The van der Waals surface area contributed by atoms with E-state index in [1.54, 1.807) is 0 Å². The second-order valence-corrected chi connectivity index (χ2v) is 4.43. The molecule has 0 aliphatic carbocycles. The molecule has 0 spiro atoms. The van der Waals surface area contributed by atoms with Gasteiger partial charge in [0.2, 0.25) is 0 Å². The number of nitrogens with zero attached hydrogens (tertiary/aromatic N) is 1. The summed E-state index contributed by atoms with van der Waals surface area (Å²) in [4.78, 5) is 5.84. The van der Waals surface area contributed by atoms with Crippen LogP contribution in [0.1, 0.15) is 24.9 Å². The van der Waals surface area contributed by atoms with E-state index in [-0.39, 0.29) is 6.10 Å². The van der Waals surface area contributed by atoms with E-state index in [4.69, 9.17) is 4.84 Å². The molecule has 2 nitrogen and oxygen atoms in total. The van der Waals surface area contributed by atoms with Gasteiger partial charge >= 0.3 is 0 Å². The fourth-order valence-corrected chi connectivity index (χ4v) is 2.50. The van der Waals surface area contributed by atoms with Gasteiger partial charge in [-0.3, -0.25) is 4.84 Å². The molecule has 0 aromatic heterocycles. The predicted octanol–water partition coefficient (Wildman–Crippen LogP) is 3.19. The third-order valence-electron chi connectivity index (χ3n) is 3.32. The highest BCUT2D eigenvalue weighted by molar-refractivity contribution is 5.20. The number of rotatable bonds is 3. The van der Waals surface area contributed by atoms with Gasteiger partial charge in [-0.1, -0.05) is 43.3 Å². The van der Waals surface area contributed by atoms with Crippen LogP contribution in [0, 0.1) is 5.92 Å². The summed E-state index contributed by atoms with van der Waals surface area (Å²) in [5, 5.41) is 1.98. The Bertz CT molecular complexity index is 349. The Morgan fingerprint density at radius 1 is 1.38 bits per heavy atom. The third-order valence-corrected chi connectivity index (χ3v) is 3.32. The Balaban J connectivity index is 2.19. The van der Waals surface area contributed by atoms with Crippen LogP contribution in [0.2, 0.25) is 0 Å². The third kappa shape index (κ3) is 2.04. The molecule has 0 amide bonds. The van der Waals surface area contributed by atoms with E-state index in [0.717, 1.165) is 6.42 Å². The molecule has 1 unspecified atom stereocenters. The molecular formula is C14H19NO. The van der Waals surface area contributed by atoms with E-state index in [0.29, 0.717) is 12.0 Å². The second-order valence-electron chi connectivity index (χ2n) is 4.43. The molecule has 0 bridgehead atoms. The van der Waals surface area contributed by atoms with E-state index in [1.165, 1.54) is 5.56 Å². The average molecular weight is 217 g/mol. The van der Waals surface area contributed by atoms with Gasteiger partial charge in [0, 0.05) is 13.0 Å². The topological polar surface area (TPSA) is 12.5 Å². The highest BCUT2D eigenvalue weighted by Crippen LogP contribution is 2.38. The molecule has 16 heavy (non-hydrogen) atoms. The van der Waals surface area contributed by atoms with Crippen LogP contribution in [0.25, 0.3) is 0 Å². The summed E-state index contributed by atoms with van der Waals surface area (Å²) in [7, 11) is 2.01. The quantitative estimate of drug-likeness (QED) is 0.721. The van der Waals surface area contributed by atoms with Crippen molar-refractivity contribution in [3.63, 3.8) is 0 Å². The largest absolute Gasteiger partial charge is 0.295 e. The van der Waals surface area contributed by atoms with Gasteiger partial charge < -0.3 is 0 Å². The van der Waals surface area contributed by atoms with E-state index >= 15 is 0 Å². The number of hydroxylamine groups is 2. The minimum atomic E-state index is 0.257. The van der Waals surface area contributed by atoms with Crippen LogP contribution in [-0.2, 0) is 4.84 Å². The summed E-state index contributed by atoms with van der Waals surface area (Å²) in [5.74, 6) is 0.491. The molecule has 0 N–H and O–H groups in total. The molecule has 86 valence electrons. The maximum Gasteiger partial charge on any atom is 0.0872 e. The molecule has 2 rings (SSSR count). The molecule has 0 radical (unpaired) electrons. The Hall–Kier alpha value is -1.12. The van der Waals surface area contributed by atoms with Crippen molar-refractivity contribution < 1.29 is 4.84 Å². The molecule has 3 atom stereocenters. The Morgan fingerprint density at radius 3 is 2.69 bits per heavy atom. The number of benzene rings is 1. The van der Waals surface area contributed by atoms with Gasteiger partial charge in [0.15, 0.2) is 0 Å². The van der Waals surface area contributed by atoms with Gasteiger partial charge in [0.25, 0.3) is 0 Å². The summed E-state index contributed by atoms with van der Waals surface area (Å²) in [6.45, 7) is 6.03. The Morgan fingerprint density at radius 2 is 2.06 bits per heavy atom. The van der Waals surface area contributed by atoms with Crippen LogP contribution in [0.3, 0.4) is 0 Å². The molecule has 1 aromatic carbocycles. The van der Waals surface area contributed by atoms with Crippen molar-refractivity contribution in [2.75, 3.05) is 7.05 Å². The first kappa shape index (κ1) is 11.4.